The Hall–Kier alpha value is -3.00. The number of phenols is 1. The number of hydrogen-bond acceptors (Lipinski definition) is 2. The molecule has 2 nitrogen and oxygen atoms in total. The SMILES string of the molecule is CCCC1C=C(O)C=C2C1=CC(c1ccc(O)cc1)=C2c1ccccc1. The molecule has 0 fully saturated rings. The first-order chi connectivity index (χ1) is 12.7. The van der Waals surface area contributed by atoms with Crippen molar-refractivity contribution in [2.75, 3.05) is 0 Å². The van der Waals surface area contributed by atoms with Crippen molar-refractivity contribution in [3.8, 4) is 5.75 Å². The van der Waals surface area contributed by atoms with Crippen LogP contribution in [0.4, 0.5) is 0 Å². The fourth-order valence-corrected chi connectivity index (χ4v) is 3.88. The predicted molar refractivity (Wildman–Crippen MR) is 107 cm³/mol. The maximum atomic E-state index is 10.3. The Morgan fingerprint density at radius 3 is 2.27 bits per heavy atom. The van der Waals surface area contributed by atoms with Gasteiger partial charge in [0.15, 0.2) is 0 Å². The smallest absolute Gasteiger partial charge is 0.115 e. The fraction of sp³-hybridized carbons (Fsp3) is 0.167. The van der Waals surface area contributed by atoms with Crippen molar-refractivity contribution in [1.29, 1.82) is 0 Å². The third kappa shape index (κ3) is 2.88. The second kappa shape index (κ2) is 6.72. The van der Waals surface area contributed by atoms with Crippen LogP contribution in [0.2, 0.25) is 0 Å². The van der Waals surface area contributed by atoms with E-state index in [9.17, 15) is 10.2 Å². The molecule has 0 spiro atoms. The second-order valence-electron chi connectivity index (χ2n) is 6.85. The Kier molecular flexibility index (Phi) is 4.26. The highest BCUT2D eigenvalue weighted by atomic mass is 16.3. The molecule has 0 aliphatic heterocycles. The maximum absolute atomic E-state index is 10.3. The van der Waals surface area contributed by atoms with Gasteiger partial charge >= 0.3 is 0 Å². The van der Waals surface area contributed by atoms with Gasteiger partial charge in [0.2, 0.25) is 0 Å². The highest BCUT2D eigenvalue weighted by molar-refractivity contribution is 6.09. The van der Waals surface area contributed by atoms with E-state index in [0.29, 0.717) is 5.76 Å². The fourth-order valence-electron chi connectivity index (χ4n) is 3.88. The molecule has 0 radical (unpaired) electrons. The summed E-state index contributed by atoms with van der Waals surface area (Å²) in [5, 5.41) is 20.0. The van der Waals surface area contributed by atoms with Crippen LogP contribution < -0.4 is 0 Å². The maximum Gasteiger partial charge on any atom is 0.115 e. The average molecular weight is 342 g/mol. The lowest BCUT2D eigenvalue weighted by molar-refractivity contribution is 0.420. The topological polar surface area (TPSA) is 40.5 Å². The zero-order valence-corrected chi connectivity index (χ0v) is 14.8. The molecular formula is C24H22O2. The predicted octanol–water partition coefficient (Wildman–Crippen LogP) is 6.04. The number of aromatic hydroxyl groups is 1. The van der Waals surface area contributed by atoms with Gasteiger partial charge in [0.25, 0.3) is 0 Å². The quantitative estimate of drug-likeness (QED) is 0.711. The number of aliphatic hydroxyl groups is 1. The molecule has 0 saturated carbocycles. The Labute approximate surface area is 154 Å². The molecule has 2 N–H and O–H groups in total. The summed E-state index contributed by atoms with van der Waals surface area (Å²) in [5.74, 6) is 0.838. The van der Waals surface area contributed by atoms with Crippen LogP contribution >= 0.6 is 0 Å². The molecule has 0 saturated heterocycles. The lowest BCUT2D eigenvalue weighted by Crippen LogP contribution is -2.08. The van der Waals surface area contributed by atoms with Gasteiger partial charge < -0.3 is 10.2 Å². The van der Waals surface area contributed by atoms with Crippen LogP contribution in [0.3, 0.4) is 0 Å². The van der Waals surface area contributed by atoms with Crippen molar-refractivity contribution in [3.05, 3.63) is 101 Å². The largest absolute Gasteiger partial charge is 0.508 e. The van der Waals surface area contributed by atoms with Crippen molar-refractivity contribution in [2.45, 2.75) is 19.8 Å². The van der Waals surface area contributed by atoms with Crippen LogP contribution in [-0.4, -0.2) is 10.2 Å². The van der Waals surface area contributed by atoms with Gasteiger partial charge in [0, 0.05) is 5.92 Å². The normalized spacial score (nSPS) is 19.0. The van der Waals surface area contributed by atoms with Gasteiger partial charge in [-0.2, -0.15) is 0 Å². The molecule has 2 heteroatoms. The van der Waals surface area contributed by atoms with E-state index in [2.05, 4.69) is 25.1 Å². The molecule has 2 aromatic rings. The molecule has 1 atom stereocenters. The highest BCUT2D eigenvalue weighted by Crippen LogP contribution is 2.48. The standard InChI is InChI=1S/C24H22O2/c1-2-6-18-13-20(26)14-23-21(18)15-22(16-9-11-19(25)12-10-16)24(23)17-7-4-3-5-8-17/h3-5,7-15,18,25-26H,2,6H2,1H3. The molecule has 0 aromatic heterocycles. The minimum Gasteiger partial charge on any atom is -0.508 e. The number of phenolic OH excluding ortho intramolecular Hbond substituents is 1. The number of benzene rings is 2. The first-order valence-electron chi connectivity index (χ1n) is 9.11. The van der Waals surface area contributed by atoms with Crippen molar-refractivity contribution >= 4 is 11.1 Å². The highest BCUT2D eigenvalue weighted by Gasteiger charge is 2.30. The first-order valence-corrected chi connectivity index (χ1v) is 9.11. The summed E-state index contributed by atoms with van der Waals surface area (Å²) in [6.07, 6.45) is 8.17. The molecule has 130 valence electrons. The lowest BCUT2D eigenvalue weighted by atomic mass is 9.83. The van der Waals surface area contributed by atoms with E-state index in [-0.39, 0.29) is 11.7 Å². The Morgan fingerprint density at radius 1 is 0.846 bits per heavy atom. The van der Waals surface area contributed by atoms with Crippen LogP contribution in [0.1, 0.15) is 30.9 Å². The van der Waals surface area contributed by atoms with Crippen LogP contribution in [0.25, 0.3) is 11.1 Å². The molecule has 0 heterocycles. The Morgan fingerprint density at radius 2 is 1.58 bits per heavy atom. The van der Waals surface area contributed by atoms with Gasteiger partial charge in [-0.1, -0.05) is 55.8 Å². The molecule has 2 aliphatic rings. The monoisotopic (exact) mass is 342 g/mol. The molecule has 0 bridgehead atoms. The molecule has 4 rings (SSSR count). The summed E-state index contributed by atoms with van der Waals surface area (Å²) in [5.41, 5.74) is 6.87. The number of aliphatic hydroxyl groups excluding tert-OH is 1. The summed E-state index contributed by atoms with van der Waals surface area (Å²) in [6, 6.07) is 17.7. The number of allylic oxidation sites excluding steroid dienone is 7. The van der Waals surface area contributed by atoms with Crippen molar-refractivity contribution in [1.82, 2.24) is 0 Å². The van der Waals surface area contributed by atoms with Crippen molar-refractivity contribution in [2.24, 2.45) is 5.92 Å². The molecule has 26 heavy (non-hydrogen) atoms. The van der Waals surface area contributed by atoms with Gasteiger partial charge in [-0.05, 0) is 70.2 Å². The van der Waals surface area contributed by atoms with Gasteiger partial charge in [-0.15, -0.1) is 0 Å². The van der Waals surface area contributed by atoms with E-state index < -0.39 is 0 Å². The Balaban J connectivity index is 1.91. The zero-order valence-electron chi connectivity index (χ0n) is 14.8. The molecule has 2 aromatic carbocycles. The lowest BCUT2D eigenvalue weighted by Gasteiger charge is -2.22. The van der Waals surface area contributed by atoms with Gasteiger partial charge in [0.1, 0.15) is 11.5 Å². The summed E-state index contributed by atoms with van der Waals surface area (Å²) in [4.78, 5) is 0. The number of fused-ring (bicyclic) bond motifs is 1. The van der Waals surface area contributed by atoms with Crippen molar-refractivity contribution < 1.29 is 10.2 Å². The van der Waals surface area contributed by atoms with E-state index in [1.54, 1.807) is 12.1 Å². The summed E-state index contributed by atoms with van der Waals surface area (Å²) < 4.78 is 0. The summed E-state index contributed by atoms with van der Waals surface area (Å²) in [7, 11) is 0. The van der Waals surface area contributed by atoms with Gasteiger partial charge in [0.05, 0.1) is 0 Å². The molecule has 2 aliphatic carbocycles. The molecular weight excluding hydrogens is 320 g/mol. The van der Waals surface area contributed by atoms with Gasteiger partial charge in [-0.25, -0.2) is 0 Å². The van der Waals surface area contributed by atoms with E-state index in [1.807, 2.05) is 42.5 Å². The molecule has 0 amide bonds. The third-order valence-corrected chi connectivity index (χ3v) is 5.05. The van der Waals surface area contributed by atoms with Crippen LogP contribution in [0, 0.1) is 5.92 Å². The first kappa shape index (κ1) is 16.5. The minimum atomic E-state index is 0.230. The molecule has 1 unspecified atom stereocenters. The van der Waals surface area contributed by atoms with Crippen LogP contribution in [-0.2, 0) is 0 Å². The van der Waals surface area contributed by atoms with Gasteiger partial charge in [-0.3, -0.25) is 0 Å². The summed E-state index contributed by atoms with van der Waals surface area (Å²) in [6.45, 7) is 2.17. The van der Waals surface area contributed by atoms with E-state index in [0.717, 1.165) is 40.7 Å². The van der Waals surface area contributed by atoms with E-state index in [4.69, 9.17) is 0 Å². The van der Waals surface area contributed by atoms with E-state index >= 15 is 0 Å². The van der Waals surface area contributed by atoms with E-state index in [1.165, 1.54) is 5.57 Å². The van der Waals surface area contributed by atoms with Crippen LogP contribution in [0.5, 0.6) is 5.75 Å². The van der Waals surface area contributed by atoms with Crippen molar-refractivity contribution in [3.63, 3.8) is 0 Å². The third-order valence-electron chi connectivity index (χ3n) is 5.05. The van der Waals surface area contributed by atoms with Crippen LogP contribution in [0.15, 0.2) is 89.7 Å². The number of rotatable bonds is 4. The zero-order chi connectivity index (χ0) is 18.1. The summed E-state index contributed by atoms with van der Waals surface area (Å²) >= 11 is 0. The average Bonchev–Trinajstić information content (AvgIpc) is 3.02. The Bertz CT molecular complexity index is 941. The minimum absolute atomic E-state index is 0.230. The number of hydrogen-bond donors (Lipinski definition) is 2. The second-order valence-corrected chi connectivity index (χ2v) is 6.85.